The van der Waals surface area contributed by atoms with Crippen molar-refractivity contribution in [2.24, 2.45) is 5.73 Å². The van der Waals surface area contributed by atoms with Crippen LogP contribution in [0.3, 0.4) is 0 Å². The second kappa shape index (κ2) is 3.94. The van der Waals surface area contributed by atoms with Crippen LogP contribution < -0.4 is 11.3 Å². The molecule has 6 heteroatoms. The van der Waals surface area contributed by atoms with Crippen LogP contribution in [0, 0.1) is 0 Å². The summed E-state index contributed by atoms with van der Waals surface area (Å²) < 4.78 is 3.19. The van der Waals surface area contributed by atoms with Crippen LogP contribution in [0.2, 0.25) is 0 Å². The van der Waals surface area contributed by atoms with Crippen LogP contribution >= 0.6 is 0 Å². The van der Waals surface area contributed by atoms with E-state index in [-0.39, 0.29) is 5.56 Å². The summed E-state index contributed by atoms with van der Waals surface area (Å²) in [5, 5.41) is 4.14. The van der Waals surface area contributed by atoms with Crippen molar-refractivity contribution in [1.29, 1.82) is 0 Å². The Morgan fingerprint density at radius 3 is 2.74 bits per heavy atom. The maximum Gasteiger partial charge on any atom is 0.277 e. The Hall–Kier alpha value is -2.63. The van der Waals surface area contributed by atoms with E-state index >= 15 is 0 Å². The van der Waals surface area contributed by atoms with Crippen LogP contribution in [0.4, 0.5) is 0 Å². The molecule has 6 nitrogen and oxygen atoms in total. The van der Waals surface area contributed by atoms with E-state index in [1.54, 1.807) is 39.5 Å². The number of hydrogen-bond acceptors (Lipinski definition) is 3. The maximum atomic E-state index is 12.3. The predicted molar refractivity (Wildman–Crippen MR) is 71.1 cm³/mol. The average molecular weight is 256 g/mol. The van der Waals surface area contributed by atoms with Crippen LogP contribution in [0.5, 0.6) is 0 Å². The number of aromatic nitrogens is 3. The molecule has 0 bridgehead atoms. The Balaban J connectivity index is 2.56. The normalized spacial score (nSPS) is 11.2. The van der Waals surface area contributed by atoms with Gasteiger partial charge in [-0.05, 0) is 31.2 Å². The minimum Gasteiger partial charge on any atom is -0.366 e. The van der Waals surface area contributed by atoms with E-state index in [0.717, 1.165) is 5.52 Å². The minimum absolute atomic E-state index is 0.130. The Kier molecular flexibility index (Phi) is 2.38. The highest BCUT2D eigenvalue weighted by atomic mass is 16.1. The zero-order chi connectivity index (χ0) is 13.6. The standard InChI is InChI=1S/C13H12N4O2/c1-2-16-11-7-8(12(14)18)3-4-9(11)17-10(13(16)19)5-6-15-17/h3-7H,2H2,1H3,(H2,14,18). The molecule has 0 aliphatic heterocycles. The third-order valence-corrected chi connectivity index (χ3v) is 3.20. The van der Waals surface area contributed by atoms with Gasteiger partial charge in [-0.15, -0.1) is 0 Å². The fourth-order valence-electron chi connectivity index (χ4n) is 2.29. The molecule has 0 unspecified atom stereocenters. The highest BCUT2D eigenvalue weighted by Gasteiger charge is 2.12. The van der Waals surface area contributed by atoms with Crippen molar-refractivity contribution < 1.29 is 4.79 Å². The van der Waals surface area contributed by atoms with Crippen LogP contribution in [-0.2, 0) is 6.54 Å². The number of fused-ring (bicyclic) bond motifs is 3. The number of nitrogens with two attached hydrogens (primary N) is 1. The second-order valence-corrected chi connectivity index (χ2v) is 4.25. The lowest BCUT2D eigenvalue weighted by Gasteiger charge is -2.10. The summed E-state index contributed by atoms with van der Waals surface area (Å²) in [4.78, 5) is 23.6. The molecule has 0 saturated heterocycles. The number of aryl methyl sites for hydroxylation is 1. The first-order valence-electron chi connectivity index (χ1n) is 5.93. The van der Waals surface area contributed by atoms with Crippen LogP contribution in [0.15, 0.2) is 35.3 Å². The topological polar surface area (TPSA) is 82.4 Å². The maximum absolute atomic E-state index is 12.3. The number of carbonyl (C=O) groups excluding carboxylic acids is 1. The molecule has 96 valence electrons. The molecule has 2 N–H and O–H groups in total. The van der Waals surface area contributed by atoms with Crippen molar-refractivity contribution in [1.82, 2.24) is 14.2 Å². The third kappa shape index (κ3) is 1.53. The molecule has 3 rings (SSSR count). The molecule has 19 heavy (non-hydrogen) atoms. The van der Waals surface area contributed by atoms with Crippen molar-refractivity contribution in [3.05, 3.63) is 46.4 Å². The van der Waals surface area contributed by atoms with E-state index in [4.69, 9.17) is 5.73 Å². The van der Waals surface area contributed by atoms with Crippen LogP contribution in [-0.4, -0.2) is 20.1 Å². The molecule has 2 heterocycles. The Morgan fingerprint density at radius 1 is 1.26 bits per heavy atom. The summed E-state index contributed by atoms with van der Waals surface area (Å²) in [6, 6.07) is 6.69. The molecule has 0 fully saturated rings. The fraction of sp³-hybridized carbons (Fsp3) is 0.154. The van der Waals surface area contributed by atoms with E-state index in [0.29, 0.717) is 23.1 Å². The number of carbonyl (C=O) groups is 1. The summed E-state index contributed by atoms with van der Waals surface area (Å²) in [5.74, 6) is -0.516. The number of amides is 1. The van der Waals surface area contributed by atoms with Gasteiger partial charge in [-0.2, -0.15) is 5.10 Å². The largest absolute Gasteiger partial charge is 0.366 e. The quantitative estimate of drug-likeness (QED) is 0.735. The number of benzene rings is 1. The van der Waals surface area contributed by atoms with Gasteiger partial charge in [0.05, 0.1) is 17.2 Å². The summed E-state index contributed by atoms with van der Waals surface area (Å²) in [6.07, 6.45) is 1.58. The summed E-state index contributed by atoms with van der Waals surface area (Å²) >= 11 is 0. The van der Waals surface area contributed by atoms with Gasteiger partial charge in [0.1, 0.15) is 5.52 Å². The van der Waals surface area contributed by atoms with Crippen molar-refractivity contribution in [3.8, 4) is 0 Å². The molecule has 0 radical (unpaired) electrons. The SMILES string of the molecule is CCn1c(=O)c2ccnn2c2ccc(C(N)=O)cc21. The number of nitrogens with zero attached hydrogens (tertiary/aromatic N) is 3. The average Bonchev–Trinajstić information content (AvgIpc) is 2.88. The summed E-state index contributed by atoms with van der Waals surface area (Å²) in [5.41, 5.74) is 7.46. The highest BCUT2D eigenvalue weighted by molar-refractivity contribution is 5.96. The molecule has 0 saturated carbocycles. The molecular formula is C13H12N4O2. The predicted octanol–water partition coefficient (Wildman–Crippen LogP) is 0.768. The van der Waals surface area contributed by atoms with Gasteiger partial charge in [-0.3, -0.25) is 9.59 Å². The number of rotatable bonds is 2. The van der Waals surface area contributed by atoms with E-state index in [9.17, 15) is 9.59 Å². The Bertz CT molecular complexity index is 860. The van der Waals surface area contributed by atoms with Crippen molar-refractivity contribution in [2.75, 3.05) is 0 Å². The van der Waals surface area contributed by atoms with E-state index < -0.39 is 5.91 Å². The van der Waals surface area contributed by atoms with Gasteiger partial charge in [0.25, 0.3) is 5.56 Å². The van der Waals surface area contributed by atoms with E-state index in [1.807, 2.05) is 6.92 Å². The fourth-order valence-corrected chi connectivity index (χ4v) is 2.29. The molecule has 0 aliphatic carbocycles. The summed E-state index contributed by atoms with van der Waals surface area (Å²) in [6.45, 7) is 2.39. The molecule has 0 aliphatic rings. The van der Waals surface area contributed by atoms with Crippen LogP contribution in [0.1, 0.15) is 17.3 Å². The number of hydrogen-bond donors (Lipinski definition) is 1. The van der Waals surface area contributed by atoms with Gasteiger partial charge >= 0.3 is 0 Å². The Labute approximate surface area is 108 Å². The monoisotopic (exact) mass is 256 g/mol. The van der Waals surface area contributed by atoms with Gasteiger partial charge in [-0.1, -0.05) is 0 Å². The van der Waals surface area contributed by atoms with Crippen molar-refractivity contribution in [3.63, 3.8) is 0 Å². The lowest BCUT2D eigenvalue weighted by molar-refractivity contribution is 0.100. The zero-order valence-electron chi connectivity index (χ0n) is 10.3. The minimum atomic E-state index is -0.516. The third-order valence-electron chi connectivity index (χ3n) is 3.20. The lowest BCUT2D eigenvalue weighted by atomic mass is 10.1. The van der Waals surface area contributed by atoms with Gasteiger partial charge in [0.2, 0.25) is 5.91 Å². The molecule has 2 aromatic heterocycles. The first-order chi connectivity index (χ1) is 9.13. The Morgan fingerprint density at radius 2 is 2.05 bits per heavy atom. The van der Waals surface area contributed by atoms with Crippen molar-refractivity contribution >= 4 is 22.5 Å². The van der Waals surface area contributed by atoms with Gasteiger partial charge in [0, 0.05) is 12.1 Å². The molecule has 0 spiro atoms. The number of primary amides is 1. The lowest BCUT2D eigenvalue weighted by Crippen LogP contribution is -2.22. The first kappa shape index (κ1) is 11.5. The van der Waals surface area contributed by atoms with Gasteiger partial charge in [-0.25, -0.2) is 4.52 Å². The van der Waals surface area contributed by atoms with E-state index in [1.165, 1.54) is 0 Å². The molecule has 1 amide bonds. The van der Waals surface area contributed by atoms with E-state index in [2.05, 4.69) is 5.10 Å². The van der Waals surface area contributed by atoms with Gasteiger partial charge < -0.3 is 10.3 Å². The molecule has 3 aromatic rings. The molecule has 1 aromatic carbocycles. The molecule has 0 atom stereocenters. The van der Waals surface area contributed by atoms with Crippen molar-refractivity contribution in [2.45, 2.75) is 13.5 Å². The zero-order valence-corrected chi connectivity index (χ0v) is 10.3. The van der Waals surface area contributed by atoms with Gasteiger partial charge in [0.15, 0.2) is 0 Å². The highest BCUT2D eigenvalue weighted by Crippen LogP contribution is 2.16. The first-order valence-corrected chi connectivity index (χ1v) is 5.93. The summed E-state index contributed by atoms with van der Waals surface area (Å²) in [7, 11) is 0. The van der Waals surface area contributed by atoms with Crippen LogP contribution in [0.25, 0.3) is 16.6 Å². The smallest absolute Gasteiger partial charge is 0.277 e. The molecular weight excluding hydrogens is 244 g/mol. The second-order valence-electron chi connectivity index (χ2n) is 4.25.